The molecule has 152 valence electrons. The molecule has 0 aromatic heterocycles. The van der Waals surface area contributed by atoms with E-state index in [1.54, 1.807) is 0 Å². The van der Waals surface area contributed by atoms with Crippen LogP contribution in [0.15, 0.2) is 65.6 Å². The van der Waals surface area contributed by atoms with Gasteiger partial charge < -0.3 is 5.11 Å². The Morgan fingerprint density at radius 1 is 1.00 bits per heavy atom. The molecule has 8 heteroatoms. The van der Waals surface area contributed by atoms with Gasteiger partial charge in [-0.1, -0.05) is 48.5 Å². The minimum absolute atomic E-state index is 0.0269. The Morgan fingerprint density at radius 3 is 2.50 bits per heavy atom. The first kappa shape index (κ1) is 20.0. The first-order valence-electron chi connectivity index (χ1n) is 8.86. The maximum absolute atomic E-state index is 13.0. The molecule has 0 atom stereocenters. The molecule has 30 heavy (non-hydrogen) atoms. The third-order valence-electron chi connectivity index (χ3n) is 4.71. The predicted octanol–water partition coefficient (Wildman–Crippen LogP) is 5.80. The van der Waals surface area contributed by atoms with Gasteiger partial charge in [-0.2, -0.15) is 13.2 Å². The maximum Gasteiger partial charge on any atom is 0.419 e. The second-order valence-corrected chi connectivity index (χ2v) is 7.67. The van der Waals surface area contributed by atoms with Crippen molar-refractivity contribution in [3.8, 4) is 5.75 Å². The summed E-state index contributed by atoms with van der Waals surface area (Å²) in [4.78, 5) is 26.3. The molecule has 0 unspecified atom stereocenters. The van der Waals surface area contributed by atoms with Gasteiger partial charge in [-0.3, -0.25) is 14.5 Å². The molecular weight excluding hydrogens is 415 g/mol. The standard InChI is InChI=1S/C22H14F3NO3S/c23-22(24,25)17-10-13(8-9-18(17)27)11-19-20(28)26(21(29)30-19)12-15-6-3-5-14-4-1-2-7-16(14)15/h1-11,27H,12H2. The molecule has 3 aromatic rings. The Labute approximate surface area is 173 Å². The number of hydrogen-bond acceptors (Lipinski definition) is 4. The maximum atomic E-state index is 13.0. The number of nitrogens with zero attached hydrogens (tertiary/aromatic N) is 1. The summed E-state index contributed by atoms with van der Waals surface area (Å²) in [5.41, 5.74) is -0.345. The molecule has 0 bridgehead atoms. The Balaban J connectivity index is 1.63. The van der Waals surface area contributed by atoms with E-state index in [0.29, 0.717) is 11.8 Å². The summed E-state index contributed by atoms with van der Waals surface area (Å²) in [6.07, 6.45) is -3.51. The first-order chi connectivity index (χ1) is 14.2. The number of carbonyl (C=O) groups excluding carboxylic acids is 2. The number of phenolic OH excluding ortho intramolecular Hbond substituents is 1. The average Bonchev–Trinajstić information content (AvgIpc) is 2.96. The van der Waals surface area contributed by atoms with E-state index in [1.807, 2.05) is 42.5 Å². The molecule has 1 aliphatic rings. The zero-order valence-electron chi connectivity index (χ0n) is 15.3. The number of carbonyl (C=O) groups is 2. The summed E-state index contributed by atoms with van der Waals surface area (Å²) in [7, 11) is 0. The number of amides is 2. The summed E-state index contributed by atoms with van der Waals surface area (Å²) in [5.74, 6) is -1.47. The summed E-state index contributed by atoms with van der Waals surface area (Å²) in [6, 6.07) is 16.1. The monoisotopic (exact) mass is 429 g/mol. The second-order valence-electron chi connectivity index (χ2n) is 6.68. The van der Waals surface area contributed by atoms with Crippen LogP contribution in [0.1, 0.15) is 16.7 Å². The topological polar surface area (TPSA) is 57.6 Å². The molecule has 4 rings (SSSR count). The van der Waals surface area contributed by atoms with E-state index in [2.05, 4.69) is 0 Å². The smallest absolute Gasteiger partial charge is 0.419 e. The van der Waals surface area contributed by atoms with E-state index >= 15 is 0 Å². The lowest BCUT2D eigenvalue weighted by Gasteiger charge is -2.14. The third-order valence-corrected chi connectivity index (χ3v) is 5.61. The van der Waals surface area contributed by atoms with Crippen molar-refractivity contribution in [3.63, 3.8) is 0 Å². The van der Waals surface area contributed by atoms with Crippen molar-refractivity contribution >= 4 is 39.8 Å². The van der Waals surface area contributed by atoms with Crippen molar-refractivity contribution in [2.75, 3.05) is 0 Å². The normalized spacial score (nSPS) is 16.1. The van der Waals surface area contributed by atoms with Crippen LogP contribution in [-0.4, -0.2) is 21.2 Å². The van der Waals surface area contributed by atoms with Crippen LogP contribution in [0, 0.1) is 0 Å². The summed E-state index contributed by atoms with van der Waals surface area (Å²) < 4.78 is 39.0. The van der Waals surface area contributed by atoms with E-state index < -0.39 is 28.6 Å². The zero-order chi connectivity index (χ0) is 21.5. The number of halogens is 3. The Morgan fingerprint density at radius 2 is 1.73 bits per heavy atom. The van der Waals surface area contributed by atoms with Crippen molar-refractivity contribution in [3.05, 3.63) is 82.3 Å². The van der Waals surface area contributed by atoms with Crippen LogP contribution in [0.5, 0.6) is 5.75 Å². The van der Waals surface area contributed by atoms with Crippen LogP contribution < -0.4 is 0 Å². The highest BCUT2D eigenvalue weighted by Crippen LogP contribution is 2.38. The molecule has 1 heterocycles. The molecular formula is C22H14F3NO3S. The molecule has 1 fully saturated rings. The van der Waals surface area contributed by atoms with Crippen LogP contribution in [-0.2, 0) is 17.5 Å². The van der Waals surface area contributed by atoms with Gasteiger partial charge >= 0.3 is 6.18 Å². The molecule has 1 saturated heterocycles. The fourth-order valence-corrected chi connectivity index (χ4v) is 4.10. The van der Waals surface area contributed by atoms with Crippen LogP contribution in [0.25, 0.3) is 16.8 Å². The fraction of sp³-hybridized carbons (Fsp3) is 0.0909. The van der Waals surface area contributed by atoms with Gasteiger partial charge in [0.2, 0.25) is 0 Å². The molecule has 1 N–H and O–H groups in total. The van der Waals surface area contributed by atoms with Crippen molar-refractivity contribution in [1.29, 1.82) is 0 Å². The number of benzene rings is 3. The largest absolute Gasteiger partial charge is 0.507 e. The second kappa shape index (κ2) is 7.53. The molecule has 0 spiro atoms. The molecule has 0 radical (unpaired) electrons. The van der Waals surface area contributed by atoms with Crippen LogP contribution in [0.4, 0.5) is 18.0 Å². The number of thioether (sulfide) groups is 1. The highest BCUT2D eigenvalue weighted by atomic mass is 32.2. The molecule has 4 nitrogen and oxygen atoms in total. The average molecular weight is 429 g/mol. The van der Waals surface area contributed by atoms with E-state index in [9.17, 15) is 27.9 Å². The van der Waals surface area contributed by atoms with Gasteiger partial charge in [-0.05, 0) is 51.9 Å². The van der Waals surface area contributed by atoms with Gasteiger partial charge in [-0.25, -0.2) is 0 Å². The van der Waals surface area contributed by atoms with Crippen molar-refractivity contribution in [1.82, 2.24) is 4.90 Å². The van der Waals surface area contributed by atoms with Crippen LogP contribution >= 0.6 is 11.8 Å². The van der Waals surface area contributed by atoms with Gasteiger partial charge in [0, 0.05) is 0 Å². The SMILES string of the molecule is O=C1SC(=Cc2ccc(O)c(C(F)(F)F)c2)C(=O)N1Cc1cccc2ccccc12. The highest BCUT2D eigenvalue weighted by Gasteiger charge is 2.36. The van der Waals surface area contributed by atoms with Gasteiger partial charge in [0.15, 0.2) is 0 Å². The Bertz CT molecular complexity index is 1200. The van der Waals surface area contributed by atoms with Crippen LogP contribution in [0.2, 0.25) is 0 Å². The lowest BCUT2D eigenvalue weighted by atomic mass is 10.0. The molecule has 0 saturated carbocycles. The summed E-state index contributed by atoms with van der Waals surface area (Å²) >= 11 is 0.674. The summed E-state index contributed by atoms with van der Waals surface area (Å²) in [6.45, 7) is 0.0622. The first-order valence-corrected chi connectivity index (χ1v) is 9.68. The quantitative estimate of drug-likeness (QED) is 0.535. The molecule has 0 aliphatic carbocycles. The lowest BCUT2D eigenvalue weighted by molar-refractivity contribution is -0.138. The van der Waals surface area contributed by atoms with E-state index in [0.717, 1.165) is 33.4 Å². The van der Waals surface area contributed by atoms with E-state index in [4.69, 9.17) is 0 Å². The Kier molecular flexibility index (Phi) is 5.03. The molecule has 2 amide bonds. The third kappa shape index (κ3) is 3.78. The van der Waals surface area contributed by atoms with Gasteiger partial charge in [-0.15, -0.1) is 0 Å². The molecule has 1 aliphatic heterocycles. The van der Waals surface area contributed by atoms with Crippen molar-refractivity contribution in [2.24, 2.45) is 0 Å². The minimum Gasteiger partial charge on any atom is -0.507 e. The van der Waals surface area contributed by atoms with E-state index in [1.165, 1.54) is 12.1 Å². The van der Waals surface area contributed by atoms with E-state index in [-0.39, 0.29) is 17.0 Å². The van der Waals surface area contributed by atoms with Crippen molar-refractivity contribution < 1.29 is 27.9 Å². The Hall–Kier alpha value is -3.26. The van der Waals surface area contributed by atoms with Gasteiger partial charge in [0.05, 0.1) is 17.0 Å². The lowest BCUT2D eigenvalue weighted by Crippen LogP contribution is -2.27. The number of aromatic hydroxyl groups is 1. The predicted molar refractivity (Wildman–Crippen MR) is 109 cm³/mol. The number of rotatable bonds is 3. The fourth-order valence-electron chi connectivity index (χ4n) is 3.26. The number of phenols is 1. The summed E-state index contributed by atoms with van der Waals surface area (Å²) in [5, 5.41) is 10.8. The van der Waals surface area contributed by atoms with Crippen LogP contribution in [0.3, 0.4) is 0 Å². The number of hydrogen-bond donors (Lipinski definition) is 1. The van der Waals surface area contributed by atoms with Gasteiger partial charge in [0.1, 0.15) is 5.75 Å². The number of imide groups is 1. The number of alkyl halides is 3. The zero-order valence-corrected chi connectivity index (χ0v) is 16.1. The minimum atomic E-state index is -4.73. The van der Waals surface area contributed by atoms with Gasteiger partial charge in [0.25, 0.3) is 11.1 Å². The number of fused-ring (bicyclic) bond motifs is 1. The highest BCUT2D eigenvalue weighted by molar-refractivity contribution is 8.18. The molecule has 3 aromatic carbocycles. The van der Waals surface area contributed by atoms with Crippen molar-refractivity contribution in [2.45, 2.75) is 12.7 Å².